The fourth-order valence-corrected chi connectivity index (χ4v) is 10.6. The molecule has 11 heteroatoms. The number of esters is 3. The second-order valence-corrected chi connectivity index (χ2v) is 14.7. The van der Waals surface area contributed by atoms with Crippen molar-refractivity contribution in [1.29, 1.82) is 0 Å². The van der Waals surface area contributed by atoms with Crippen LogP contribution in [0.2, 0.25) is 0 Å². The molecule has 0 bridgehead atoms. The lowest BCUT2D eigenvalue weighted by atomic mass is 9.36. The minimum atomic E-state index is -1.31. The normalized spacial score (nSPS) is 43.3. The Bertz CT molecular complexity index is 1680. The van der Waals surface area contributed by atoms with Gasteiger partial charge in [0.05, 0.1) is 36.6 Å². The van der Waals surface area contributed by atoms with E-state index in [1.54, 1.807) is 30.5 Å². The largest absolute Gasteiger partial charge is 0.508 e. The van der Waals surface area contributed by atoms with Crippen LogP contribution in [0.3, 0.4) is 0 Å². The molecule has 1 aromatic heterocycles. The van der Waals surface area contributed by atoms with E-state index >= 15 is 4.79 Å². The molecule has 8 rings (SSSR count). The van der Waals surface area contributed by atoms with E-state index in [0.29, 0.717) is 24.0 Å². The first-order valence-corrected chi connectivity index (χ1v) is 15.7. The third kappa shape index (κ3) is 3.50. The minimum Gasteiger partial charge on any atom is -0.508 e. The Hall–Kier alpha value is -3.96. The summed E-state index contributed by atoms with van der Waals surface area (Å²) in [5.74, 6) is -3.09. The highest BCUT2D eigenvalue weighted by atomic mass is 16.7. The highest BCUT2D eigenvalue weighted by molar-refractivity contribution is 5.96. The number of hydrogen-bond acceptors (Lipinski definition) is 11. The molecule has 2 aliphatic carbocycles. The zero-order chi connectivity index (χ0) is 32.4. The van der Waals surface area contributed by atoms with Crippen molar-refractivity contribution in [3.05, 3.63) is 60.1 Å². The highest BCUT2D eigenvalue weighted by Gasteiger charge is 2.91. The molecule has 2 aromatic rings. The number of carbonyl (C=O) groups is 4. The summed E-state index contributed by atoms with van der Waals surface area (Å²) in [6, 6.07) is 8.05. The molecule has 4 saturated heterocycles. The SMILES string of the molecule is CC1(C)O[C@H]2CC(=O)OC[C@]23[C@H]1C(=O)[C@H](OC(=O)C=Cc1ccc(O)cc1)[C@]1(C)[C@H]3CC[C@@]2(C)[C@H](c3ccoc3)OC(=O)[C@H]3O[C@]312. The number of epoxide rings is 1. The number of benzene rings is 1. The number of Topliss-reactive ketones (excluding diaryl/α,β-unsaturated/α-hetero) is 1. The van der Waals surface area contributed by atoms with Crippen LogP contribution in [0.1, 0.15) is 64.2 Å². The van der Waals surface area contributed by atoms with E-state index in [4.69, 9.17) is 28.1 Å². The van der Waals surface area contributed by atoms with E-state index in [1.165, 1.54) is 24.5 Å². The van der Waals surface area contributed by atoms with E-state index in [0.717, 1.165) is 0 Å². The van der Waals surface area contributed by atoms with Gasteiger partial charge in [-0.1, -0.05) is 26.0 Å². The van der Waals surface area contributed by atoms with E-state index in [2.05, 4.69) is 0 Å². The van der Waals surface area contributed by atoms with Crippen molar-refractivity contribution in [3.8, 4) is 5.75 Å². The summed E-state index contributed by atoms with van der Waals surface area (Å²) in [5.41, 5.74) is -3.91. The van der Waals surface area contributed by atoms with Crippen molar-refractivity contribution in [2.75, 3.05) is 6.61 Å². The number of fused-ring (bicyclic) bond motifs is 1. The Kier molecular flexibility index (Phi) is 5.96. The number of phenols is 1. The van der Waals surface area contributed by atoms with Crippen LogP contribution in [-0.4, -0.2) is 64.9 Å². The van der Waals surface area contributed by atoms with Crippen molar-refractivity contribution >= 4 is 29.8 Å². The summed E-state index contributed by atoms with van der Waals surface area (Å²) >= 11 is 0. The average molecular weight is 633 g/mol. The molecule has 5 heterocycles. The number of hydrogen-bond donors (Lipinski definition) is 1. The maximum Gasteiger partial charge on any atom is 0.339 e. The van der Waals surface area contributed by atoms with Crippen LogP contribution >= 0.6 is 0 Å². The van der Waals surface area contributed by atoms with E-state index in [-0.39, 0.29) is 24.6 Å². The van der Waals surface area contributed by atoms with Crippen LogP contribution in [0.15, 0.2) is 53.4 Å². The summed E-state index contributed by atoms with van der Waals surface area (Å²) in [6.07, 6.45) is 3.31. The summed E-state index contributed by atoms with van der Waals surface area (Å²) in [4.78, 5) is 54.9. The monoisotopic (exact) mass is 632 g/mol. The Morgan fingerprint density at radius 2 is 1.78 bits per heavy atom. The second-order valence-electron chi connectivity index (χ2n) is 14.7. The Balaban J connectivity index is 1.28. The summed E-state index contributed by atoms with van der Waals surface area (Å²) in [6.45, 7) is 7.54. The fourth-order valence-electron chi connectivity index (χ4n) is 10.6. The fraction of sp³-hybridized carbons (Fsp3) is 0.543. The molecule has 1 N–H and O–H groups in total. The number of cyclic esters (lactones) is 2. The molecule has 46 heavy (non-hydrogen) atoms. The quantitative estimate of drug-likeness (QED) is 0.225. The molecular weight excluding hydrogens is 596 g/mol. The first-order valence-electron chi connectivity index (χ1n) is 15.7. The number of phenolic OH excluding ortho intramolecular Hbond substituents is 1. The number of carbonyl (C=O) groups excluding carboxylic acids is 4. The minimum absolute atomic E-state index is 0.00610. The Labute approximate surface area is 265 Å². The van der Waals surface area contributed by atoms with Crippen molar-refractivity contribution < 1.29 is 52.4 Å². The predicted octanol–water partition coefficient (Wildman–Crippen LogP) is 4.08. The summed E-state index contributed by atoms with van der Waals surface area (Å²) in [5, 5.41) is 9.63. The van der Waals surface area contributed by atoms with Crippen LogP contribution in [0, 0.1) is 28.1 Å². The highest BCUT2D eigenvalue weighted by Crippen LogP contribution is 2.80. The topological polar surface area (TPSA) is 151 Å². The Morgan fingerprint density at radius 3 is 2.50 bits per heavy atom. The van der Waals surface area contributed by atoms with Gasteiger partial charge in [-0.3, -0.25) is 9.59 Å². The first-order chi connectivity index (χ1) is 21.8. The molecule has 1 aromatic carbocycles. The van der Waals surface area contributed by atoms with Crippen LogP contribution in [0.4, 0.5) is 0 Å². The van der Waals surface area contributed by atoms with Gasteiger partial charge in [-0.2, -0.15) is 0 Å². The molecule has 6 aliphatic rings. The number of rotatable bonds is 4. The van der Waals surface area contributed by atoms with Crippen molar-refractivity contribution in [1.82, 2.24) is 0 Å². The predicted molar refractivity (Wildman–Crippen MR) is 157 cm³/mol. The van der Waals surface area contributed by atoms with Gasteiger partial charge in [-0.15, -0.1) is 0 Å². The van der Waals surface area contributed by atoms with Gasteiger partial charge >= 0.3 is 17.9 Å². The third-order valence-electron chi connectivity index (χ3n) is 12.2. The molecule has 6 fully saturated rings. The van der Waals surface area contributed by atoms with Crippen molar-refractivity contribution in [2.24, 2.45) is 28.1 Å². The summed E-state index contributed by atoms with van der Waals surface area (Å²) in [7, 11) is 0. The number of ketones is 1. The van der Waals surface area contributed by atoms with Crippen LogP contribution in [0.5, 0.6) is 5.75 Å². The van der Waals surface area contributed by atoms with Gasteiger partial charge in [-0.25, -0.2) is 9.59 Å². The maximum atomic E-state index is 15.1. The van der Waals surface area contributed by atoms with Gasteiger partial charge in [0.25, 0.3) is 0 Å². The standard InChI is InChI=1S/C35H36O11/c1-31(2)26-25(39)28(43-23(37)10-7-18-5-8-20(36)9-6-18)33(4)21(34(26)17-42-24(38)15-22(34)45-31)11-13-32(3)27(19-12-14-41-16-19)44-30(40)29-35(32,33)46-29/h5-10,12,14,16,21-22,26-29,36H,11,13,15,17H2,1-4H3/t21-,22+,26+,27+,28+,29-,32+,33+,34-,35+/m1/s1. The summed E-state index contributed by atoms with van der Waals surface area (Å²) < 4.78 is 36.5. The average Bonchev–Trinajstić information content (AvgIpc) is 3.48. The molecule has 2 saturated carbocycles. The molecular formula is C35H36O11. The smallest absolute Gasteiger partial charge is 0.339 e. The van der Waals surface area contributed by atoms with E-state index in [9.17, 15) is 19.5 Å². The lowest BCUT2D eigenvalue weighted by Crippen LogP contribution is -2.76. The molecule has 11 nitrogen and oxygen atoms in total. The number of furan rings is 1. The molecule has 0 unspecified atom stereocenters. The maximum absolute atomic E-state index is 15.1. The van der Waals surface area contributed by atoms with Crippen LogP contribution in [0.25, 0.3) is 6.08 Å². The van der Waals surface area contributed by atoms with Crippen LogP contribution < -0.4 is 0 Å². The van der Waals surface area contributed by atoms with Gasteiger partial charge < -0.3 is 33.2 Å². The van der Waals surface area contributed by atoms with E-state index < -0.39 is 81.6 Å². The zero-order valence-electron chi connectivity index (χ0n) is 26.0. The van der Waals surface area contributed by atoms with Gasteiger partial charge in [0.2, 0.25) is 0 Å². The molecule has 242 valence electrons. The van der Waals surface area contributed by atoms with Gasteiger partial charge in [0.15, 0.2) is 18.0 Å². The van der Waals surface area contributed by atoms with Crippen molar-refractivity contribution in [3.63, 3.8) is 0 Å². The lowest BCUT2D eigenvalue weighted by Gasteiger charge is -2.66. The molecule has 0 radical (unpaired) electrons. The lowest BCUT2D eigenvalue weighted by molar-refractivity contribution is -0.255. The molecule has 2 spiro atoms. The first kappa shape index (κ1) is 29.4. The van der Waals surface area contributed by atoms with E-state index in [1.807, 2.05) is 27.7 Å². The third-order valence-corrected chi connectivity index (χ3v) is 12.2. The van der Waals surface area contributed by atoms with Gasteiger partial charge in [0.1, 0.15) is 24.1 Å². The molecule has 0 amide bonds. The molecule has 4 aliphatic heterocycles. The van der Waals surface area contributed by atoms with Gasteiger partial charge in [0, 0.05) is 27.9 Å². The second kappa shape index (κ2) is 9.32. The zero-order valence-corrected chi connectivity index (χ0v) is 26.0. The van der Waals surface area contributed by atoms with Crippen molar-refractivity contribution in [2.45, 2.75) is 82.6 Å². The van der Waals surface area contributed by atoms with Gasteiger partial charge in [-0.05, 0) is 62.4 Å². The number of ether oxygens (including phenoxy) is 5. The van der Waals surface area contributed by atoms with Crippen LogP contribution in [-0.2, 0) is 42.9 Å². The number of aromatic hydroxyl groups is 1. The Morgan fingerprint density at radius 1 is 1.02 bits per heavy atom. The molecule has 10 atom stereocenters.